The van der Waals surface area contributed by atoms with Gasteiger partial charge < -0.3 is 4.48 Å². The SMILES string of the molecule is [B]n1c(/C(=C2/C=C(CC)C(c3ccc(-c4ccc(-c5c(C)cc(C)cc5C)cc4)cc3)=N2)c2c(C)cccc2C)cc(CC)c1-c1ccc(-c2ccc(-c3c(C)cc(C)cc3C)cc2)cc1. The molecule has 1 aliphatic heterocycles. The van der Waals surface area contributed by atoms with E-state index in [1.165, 1.54) is 106 Å². The molecule has 0 bridgehead atoms. The molecule has 0 amide bonds. The van der Waals surface area contributed by atoms with Crippen molar-refractivity contribution in [3.63, 3.8) is 0 Å². The van der Waals surface area contributed by atoms with Crippen molar-refractivity contribution in [3.8, 4) is 55.8 Å². The van der Waals surface area contributed by atoms with Gasteiger partial charge in [-0.1, -0.05) is 165 Å². The second-order valence-corrected chi connectivity index (χ2v) is 18.5. The standard InChI is InChI=1S/C63H59BN2/c1-11-46-36-56(65-62(46)54-28-20-50(21-29-54)48-16-24-52(25-17-48)58-42(7)32-38(3)33-43(58)8)61(60-40(5)14-13-15-41(60)6)57-37-47(12-2)63(66(57)64)55-30-22-51(23-31-55)49-18-26-53(27-19-49)59-44(9)34-39(4)35-45(59)10/h13-37H,11-12H2,1-10H3/b61-56+. The lowest BCUT2D eigenvalue weighted by Gasteiger charge is -2.18. The molecule has 2 heterocycles. The van der Waals surface area contributed by atoms with Crippen molar-refractivity contribution >= 4 is 19.3 Å². The van der Waals surface area contributed by atoms with Gasteiger partial charge in [0.15, 0.2) is 0 Å². The minimum atomic E-state index is 0.841. The largest absolute Gasteiger partial charge is 0.397 e. The van der Waals surface area contributed by atoms with Gasteiger partial charge in [0.2, 0.25) is 7.98 Å². The number of hydrogen-bond donors (Lipinski definition) is 0. The molecule has 2 nitrogen and oxygen atoms in total. The summed E-state index contributed by atoms with van der Waals surface area (Å²) < 4.78 is 1.91. The van der Waals surface area contributed by atoms with Crippen LogP contribution >= 0.6 is 0 Å². The fraction of sp³-hybridized carbons (Fsp3) is 0.190. The van der Waals surface area contributed by atoms with Crippen LogP contribution in [0.15, 0.2) is 168 Å². The van der Waals surface area contributed by atoms with Gasteiger partial charge in [-0.2, -0.15) is 0 Å². The Morgan fingerprint density at radius 3 is 1.26 bits per heavy atom. The minimum Gasteiger partial charge on any atom is -0.397 e. The van der Waals surface area contributed by atoms with Crippen molar-refractivity contribution in [1.29, 1.82) is 0 Å². The molecule has 3 heteroatoms. The fourth-order valence-electron chi connectivity index (χ4n) is 10.6. The van der Waals surface area contributed by atoms with Crippen LogP contribution in [0, 0.1) is 55.4 Å². The van der Waals surface area contributed by atoms with E-state index in [9.17, 15) is 0 Å². The third-order valence-electron chi connectivity index (χ3n) is 13.7. The van der Waals surface area contributed by atoms with Gasteiger partial charge in [-0.15, -0.1) is 0 Å². The predicted molar refractivity (Wildman–Crippen MR) is 284 cm³/mol. The van der Waals surface area contributed by atoms with Crippen molar-refractivity contribution in [2.24, 2.45) is 4.99 Å². The average molecular weight is 855 g/mol. The summed E-state index contributed by atoms with van der Waals surface area (Å²) in [6, 6.07) is 53.7. The molecule has 9 rings (SSSR count). The van der Waals surface area contributed by atoms with Crippen molar-refractivity contribution in [2.75, 3.05) is 0 Å². The third-order valence-corrected chi connectivity index (χ3v) is 13.7. The Bertz CT molecular complexity index is 3170. The number of benzene rings is 7. The summed E-state index contributed by atoms with van der Waals surface area (Å²) in [7, 11) is 7.33. The molecule has 66 heavy (non-hydrogen) atoms. The van der Waals surface area contributed by atoms with Crippen LogP contribution in [0.2, 0.25) is 0 Å². The highest BCUT2D eigenvalue weighted by molar-refractivity contribution is 6.17. The summed E-state index contributed by atoms with van der Waals surface area (Å²) in [5.41, 5.74) is 30.9. The summed E-state index contributed by atoms with van der Waals surface area (Å²) in [5, 5.41) is 0. The number of hydrogen-bond acceptors (Lipinski definition) is 1. The summed E-state index contributed by atoms with van der Waals surface area (Å²) in [6.07, 6.45) is 3.99. The summed E-state index contributed by atoms with van der Waals surface area (Å²) in [5.74, 6) is 0. The monoisotopic (exact) mass is 854 g/mol. The summed E-state index contributed by atoms with van der Waals surface area (Å²) in [4.78, 5) is 5.51. The zero-order valence-electron chi connectivity index (χ0n) is 40.3. The molecule has 0 aliphatic carbocycles. The Morgan fingerprint density at radius 1 is 0.455 bits per heavy atom. The van der Waals surface area contributed by atoms with Crippen LogP contribution in [0.1, 0.15) is 87.2 Å². The number of allylic oxidation sites excluding steroid dienone is 2. The first-order chi connectivity index (χ1) is 31.8. The normalized spacial score (nSPS) is 13.2. The van der Waals surface area contributed by atoms with Crippen LogP contribution in [-0.4, -0.2) is 18.2 Å². The molecule has 1 aromatic heterocycles. The first-order valence-electron chi connectivity index (χ1n) is 23.5. The van der Waals surface area contributed by atoms with Gasteiger partial charge in [-0.25, -0.2) is 4.99 Å². The van der Waals surface area contributed by atoms with Crippen molar-refractivity contribution < 1.29 is 0 Å². The van der Waals surface area contributed by atoms with Gasteiger partial charge in [-0.05, 0) is 181 Å². The zero-order valence-corrected chi connectivity index (χ0v) is 40.3. The predicted octanol–water partition coefficient (Wildman–Crippen LogP) is 16.4. The van der Waals surface area contributed by atoms with Gasteiger partial charge in [-0.3, -0.25) is 0 Å². The maximum Gasteiger partial charge on any atom is 0.234 e. The quantitative estimate of drug-likeness (QED) is 0.122. The van der Waals surface area contributed by atoms with Gasteiger partial charge in [0.05, 0.1) is 11.4 Å². The number of rotatable bonds is 10. The van der Waals surface area contributed by atoms with Crippen molar-refractivity contribution in [1.82, 2.24) is 4.48 Å². The van der Waals surface area contributed by atoms with E-state index in [-0.39, 0.29) is 0 Å². The number of aromatic nitrogens is 1. The van der Waals surface area contributed by atoms with E-state index in [1.807, 2.05) is 4.48 Å². The first-order valence-corrected chi connectivity index (χ1v) is 23.5. The molecule has 0 saturated heterocycles. The van der Waals surface area contributed by atoms with Crippen LogP contribution in [0.3, 0.4) is 0 Å². The topological polar surface area (TPSA) is 17.3 Å². The molecular formula is C63H59BN2. The van der Waals surface area contributed by atoms with E-state index < -0.39 is 0 Å². The number of aliphatic imine (C=N–C) groups is 1. The molecule has 0 unspecified atom stereocenters. The molecule has 0 atom stereocenters. The Labute approximate surface area is 394 Å². The van der Waals surface area contributed by atoms with Crippen LogP contribution in [0.4, 0.5) is 0 Å². The molecule has 0 fully saturated rings. The number of nitrogens with zero attached hydrogens (tertiary/aromatic N) is 2. The van der Waals surface area contributed by atoms with Gasteiger partial charge in [0.25, 0.3) is 0 Å². The minimum absolute atomic E-state index is 0.841. The molecule has 0 spiro atoms. The second kappa shape index (κ2) is 18.1. The van der Waals surface area contributed by atoms with Crippen LogP contribution < -0.4 is 0 Å². The lowest BCUT2D eigenvalue weighted by atomic mass is 9.91. The molecule has 324 valence electrons. The van der Waals surface area contributed by atoms with Crippen LogP contribution in [0.5, 0.6) is 0 Å². The van der Waals surface area contributed by atoms with Gasteiger partial charge in [0.1, 0.15) is 0 Å². The summed E-state index contributed by atoms with van der Waals surface area (Å²) >= 11 is 0. The van der Waals surface area contributed by atoms with Crippen molar-refractivity contribution in [3.05, 3.63) is 230 Å². The highest BCUT2D eigenvalue weighted by Gasteiger charge is 2.26. The maximum atomic E-state index is 7.33. The highest BCUT2D eigenvalue weighted by atomic mass is 14.9. The lowest BCUT2D eigenvalue weighted by molar-refractivity contribution is 1.13. The third kappa shape index (κ3) is 8.28. The zero-order chi connectivity index (χ0) is 46.4. The van der Waals surface area contributed by atoms with E-state index in [1.54, 1.807) is 0 Å². The molecule has 0 saturated carbocycles. The van der Waals surface area contributed by atoms with Crippen LogP contribution in [-0.2, 0) is 6.42 Å². The van der Waals surface area contributed by atoms with E-state index >= 15 is 0 Å². The van der Waals surface area contributed by atoms with E-state index in [2.05, 4.69) is 221 Å². The van der Waals surface area contributed by atoms with E-state index in [0.717, 1.165) is 52.3 Å². The number of aryl methyl sites for hydroxylation is 9. The molecule has 7 aromatic carbocycles. The second-order valence-electron chi connectivity index (χ2n) is 18.5. The smallest absolute Gasteiger partial charge is 0.234 e. The fourth-order valence-corrected chi connectivity index (χ4v) is 10.6. The van der Waals surface area contributed by atoms with Gasteiger partial charge >= 0.3 is 0 Å². The van der Waals surface area contributed by atoms with Crippen LogP contribution in [0.25, 0.3) is 61.3 Å². The maximum absolute atomic E-state index is 7.33. The Hall–Kier alpha value is -6.97. The van der Waals surface area contributed by atoms with Gasteiger partial charge in [0, 0.05) is 22.5 Å². The van der Waals surface area contributed by atoms with E-state index in [0.29, 0.717) is 0 Å². The molecule has 8 aromatic rings. The van der Waals surface area contributed by atoms with Crippen molar-refractivity contribution in [2.45, 2.75) is 82.1 Å². The molecule has 2 radical (unpaired) electrons. The average Bonchev–Trinajstić information content (AvgIpc) is 3.88. The Morgan fingerprint density at radius 2 is 0.848 bits per heavy atom. The first kappa shape index (κ1) is 44.2. The van der Waals surface area contributed by atoms with E-state index in [4.69, 9.17) is 13.0 Å². The highest BCUT2D eigenvalue weighted by Crippen LogP contribution is 2.41. The Kier molecular flexibility index (Phi) is 12.2. The molecule has 0 N–H and O–H groups in total. The molecule has 1 aliphatic rings. The molecular weight excluding hydrogens is 796 g/mol. The lowest BCUT2D eigenvalue weighted by Crippen LogP contribution is -2.05. The Balaban J connectivity index is 1.06. The summed E-state index contributed by atoms with van der Waals surface area (Å²) in [6.45, 7) is 22.0.